The highest BCUT2D eigenvalue weighted by Gasteiger charge is 2.70. The van der Waals surface area contributed by atoms with E-state index in [9.17, 15) is 14.4 Å². The number of rotatable bonds is 2. The third-order valence-corrected chi connectivity index (χ3v) is 6.00. The van der Waals surface area contributed by atoms with Gasteiger partial charge in [-0.05, 0) is 18.3 Å². The molecule has 4 aliphatic rings. The van der Waals surface area contributed by atoms with E-state index in [2.05, 4.69) is 12.2 Å². The van der Waals surface area contributed by atoms with Crippen LogP contribution in [0, 0.1) is 35.0 Å². The normalized spacial score (nSPS) is 46.2. The molecule has 0 aromatic carbocycles. The molecule has 0 radical (unpaired) electrons. The van der Waals surface area contributed by atoms with Gasteiger partial charge in [0.25, 0.3) is 0 Å². The lowest BCUT2D eigenvalue weighted by Crippen LogP contribution is -2.45. The Balaban J connectivity index is 1.75. The van der Waals surface area contributed by atoms with E-state index in [1.807, 2.05) is 0 Å². The third-order valence-electron chi connectivity index (χ3n) is 6.00. The number of allylic oxidation sites excluding steroid dienone is 2. The zero-order valence-corrected chi connectivity index (χ0v) is 11.9. The van der Waals surface area contributed by atoms with Crippen LogP contribution in [0.25, 0.3) is 0 Å². The van der Waals surface area contributed by atoms with Crippen LogP contribution in [-0.4, -0.2) is 30.9 Å². The van der Waals surface area contributed by atoms with Crippen LogP contribution in [0.15, 0.2) is 12.2 Å². The van der Waals surface area contributed by atoms with Gasteiger partial charge in [0.2, 0.25) is 0 Å². The van der Waals surface area contributed by atoms with Crippen LogP contribution < -0.4 is 0 Å². The second kappa shape index (κ2) is 4.18. The molecule has 0 amide bonds. The molecule has 1 aliphatic heterocycles. The molecule has 0 spiro atoms. The molecule has 1 saturated heterocycles. The Kier molecular flexibility index (Phi) is 2.60. The highest BCUT2D eigenvalue weighted by molar-refractivity contribution is 5.92. The fraction of sp³-hybridized carbons (Fsp3) is 0.688. The molecule has 6 atom stereocenters. The fourth-order valence-electron chi connectivity index (χ4n) is 5.25. The molecule has 2 bridgehead atoms. The summed E-state index contributed by atoms with van der Waals surface area (Å²) in [5, 5.41) is 0. The summed E-state index contributed by atoms with van der Waals surface area (Å²) in [5.41, 5.74) is -0.354. The van der Waals surface area contributed by atoms with Crippen molar-refractivity contribution in [3.05, 3.63) is 12.2 Å². The summed E-state index contributed by atoms with van der Waals surface area (Å²) in [5.74, 6) is -0.312. The van der Waals surface area contributed by atoms with Crippen molar-refractivity contribution < 1.29 is 23.9 Å². The molecule has 5 nitrogen and oxygen atoms in total. The number of carbonyl (C=O) groups is 3. The number of Topliss-reactive ketones (excluding diaryl/α,β-unsaturated/α-hetero) is 1. The van der Waals surface area contributed by atoms with Crippen LogP contribution in [0.1, 0.15) is 19.8 Å². The van der Waals surface area contributed by atoms with Crippen molar-refractivity contribution in [2.75, 3.05) is 13.2 Å². The van der Waals surface area contributed by atoms with E-state index in [0.29, 0.717) is 0 Å². The van der Waals surface area contributed by atoms with Crippen molar-refractivity contribution in [2.24, 2.45) is 35.0 Å². The van der Waals surface area contributed by atoms with Crippen molar-refractivity contribution in [1.29, 1.82) is 0 Å². The Morgan fingerprint density at radius 2 is 2.24 bits per heavy atom. The predicted molar refractivity (Wildman–Crippen MR) is 70.9 cm³/mol. The molecule has 0 aromatic heterocycles. The van der Waals surface area contributed by atoms with Gasteiger partial charge in [-0.2, -0.15) is 0 Å². The van der Waals surface area contributed by atoms with E-state index in [-0.39, 0.29) is 72.4 Å². The van der Waals surface area contributed by atoms with Crippen molar-refractivity contribution >= 4 is 17.7 Å². The number of carbonyl (C=O) groups excluding carboxylic acids is 3. The topological polar surface area (TPSA) is 69.7 Å². The third kappa shape index (κ3) is 1.54. The SMILES string of the molecule is CC(=O)OC[C@]12[C@H](C(=O)[C@@H]3CC(=O)OC[C@@H]31)[C@@H]1C=C[C@H]2C1. The summed E-state index contributed by atoms with van der Waals surface area (Å²) in [6.07, 6.45) is 5.42. The molecule has 1 heterocycles. The standard InChI is InChI=1S/C16H18O5/c1-8(17)21-7-16-10-3-2-9(4-10)14(16)15(19)11-5-13(18)20-6-12(11)16/h2-3,9-12,14H,4-7H2,1H3/t9-,10+,11-,12+,14+,16-/m1/s1. The molecule has 3 fully saturated rings. The van der Waals surface area contributed by atoms with Crippen LogP contribution in [0.5, 0.6) is 0 Å². The minimum atomic E-state index is -0.354. The van der Waals surface area contributed by atoms with Gasteiger partial charge in [0, 0.05) is 30.1 Å². The maximum Gasteiger partial charge on any atom is 0.306 e. The van der Waals surface area contributed by atoms with Crippen molar-refractivity contribution in [3.63, 3.8) is 0 Å². The molecular weight excluding hydrogens is 272 g/mol. The summed E-state index contributed by atoms with van der Waals surface area (Å²) >= 11 is 0. The molecule has 4 rings (SSSR count). The molecule has 2 saturated carbocycles. The summed E-state index contributed by atoms with van der Waals surface area (Å²) in [6, 6.07) is 0. The number of ketones is 1. The quantitative estimate of drug-likeness (QED) is 0.563. The summed E-state index contributed by atoms with van der Waals surface area (Å²) < 4.78 is 10.6. The van der Waals surface area contributed by atoms with E-state index in [0.717, 1.165) is 6.42 Å². The Bertz CT molecular complexity index is 565. The highest BCUT2D eigenvalue weighted by Crippen LogP contribution is 2.67. The number of ether oxygens (including phenoxy) is 2. The Hall–Kier alpha value is -1.65. The zero-order valence-electron chi connectivity index (χ0n) is 11.9. The van der Waals surface area contributed by atoms with E-state index >= 15 is 0 Å². The van der Waals surface area contributed by atoms with E-state index in [4.69, 9.17) is 9.47 Å². The minimum absolute atomic E-state index is 0.00741. The van der Waals surface area contributed by atoms with E-state index in [1.165, 1.54) is 6.92 Å². The second-order valence-electron chi connectivity index (χ2n) is 6.76. The van der Waals surface area contributed by atoms with Gasteiger partial charge in [0.1, 0.15) is 5.78 Å². The highest BCUT2D eigenvalue weighted by atomic mass is 16.5. The first-order chi connectivity index (χ1) is 10.0. The fourth-order valence-corrected chi connectivity index (χ4v) is 5.25. The second-order valence-corrected chi connectivity index (χ2v) is 6.76. The smallest absolute Gasteiger partial charge is 0.306 e. The van der Waals surface area contributed by atoms with E-state index < -0.39 is 0 Å². The van der Waals surface area contributed by atoms with Crippen LogP contribution in [-0.2, 0) is 23.9 Å². The van der Waals surface area contributed by atoms with Gasteiger partial charge >= 0.3 is 11.9 Å². The van der Waals surface area contributed by atoms with Gasteiger partial charge in [-0.25, -0.2) is 0 Å². The average molecular weight is 290 g/mol. The number of cyclic esters (lactones) is 1. The minimum Gasteiger partial charge on any atom is -0.465 e. The molecule has 0 aromatic rings. The van der Waals surface area contributed by atoms with Gasteiger partial charge < -0.3 is 9.47 Å². The lowest BCUT2D eigenvalue weighted by atomic mass is 9.65. The molecule has 3 aliphatic carbocycles. The molecular formula is C16H18O5. The molecule has 5 heteroatoms. The average Bonchev–Trinajstić information content (AvgIpc) is 3.09. The predicted octanol–water partition coefficient (Wildman–Crippen LogP) is 1.12. The zero-order chi connectivity index (χ0) is 14.8. The van der Waals surface area contributed by atoms with Gasteiger partial charge in [-0.15, -0.1) is 0 Å². The van der Waals surface area contributed by atoms with Crippen LogP contribution in [0.3, 0.4) is 0 Å². The lowest BCUT2D eigenvalue weighted by Gasteiger charge is -2.41. The van der Waals surface area contributed by atoms with Crippen LogP contribution in [0.4, 0.5) is 0 Å². The van der Waals surface area contributed by atoms with Gasteiger partial charge in [0.05, 0.1) is 19.6 Å². The van der Waals surface area contributed by atoms with Gasteiger partial charge in [-0.1, -0.05) is 12.2 Å². The molecule has 0 N–H and O–H groups in total. The Morgan fingerprint density at radius 1 is 1.43 bits per heavy atom. The monoisotopic (exact) mass is 290 g/mol. The lowest BCUT2D eigenvalue weighted by molar-refractivity contribution is -0.161. The maximum atomic E-state index is 12.8. The first-order valence-corrected chi connectivity index (χ1v) is 7.55. The van der Waals surface area contributed by atoms with Crippen molar-refractivity contribution in [2.45, 2.75) is 19.8 Å². The molecule has 0 unspecified atom stereocenters. The van der Waals surface area contributed by atoms with Crippen molar-refractivity contribution in [1.82, 2.24) is 0 Å². The largest absolute Gasteiger partial charge is 0.465 e. The van der Waals surface area contributed by atoms with Crippen LogP contribution in [0.2, 0.25) is 0 Å². The van der Waals surface area contributed by atoms with Crippen molar-refractivity contribution in [3.8, 4) is 0 Å². The number of hydrogen-bond donors (Lipinski definition) is 0. The van der Waals surface area contributed by atoms with Gasteiger partial charge in [0.15, 0.2) is 0 Å². The summed E-state index contributed by atoms with van der Waals surface area (Å²) in [6.45, 7) is 1.94. The van der Waals surface area contributed by atoms with Crippen LogP contribution >= 0.6 is 0 Å². The summed E-state index contributed by atoms with van der Waals surface area (Å²) in [4.78, 5) is 35.6. The van der Waals surface area contributed by atoms with E-state index in [1.54, 1.807) is 0 Å². The number of fused-ring (bicyclic) bond motifs is 7. The van der Waals surface area contributed by atoms with Gasteiger partial charge in [-0.3, -0.25) is 14.4 Å². The first-order valence-electron chi connectivity index (χ1n) is 7.55. The molecule has 21 heavy (non-hydrogen) atoms. The molecule has 112 valence electrons. The maximum absolute atomic E-state index is 12.8. The Labute approximate surface area is 122 Å². The first kappa shape index (κ1) is 13.0. The summed E-state index contributed by atoms with van der Waals surface area (Å²) in [7, 11) is 0. The number of hydrogen-bond acceptors (Lipinski definition) is 5. The number of esters is 2. The Morgan fingerprint density at radius 3 is 3.00 bits per heavy atom.